The second kappa shape index (κ2) is 5.83. The first-order chi connectivity index (χ1) is 9.22. The number of oxime groups is 1. The molecule has 0 unspecified atom stereocenters. The standard InChI is InChI=1S/C11H15N7O/c1-8(9-5-3-2-4-6-9)17-19-7-10-15-16-11(14-12)18(10)13/h2-6H,7,12-13H2,1H3,(H,14,16)/b17-8+. The second-order valence-electron chi connectivity index (χ2n) is 3.77. The Bertz CT molecular complexity index is 564. The number of anilines is 1. The largest absolute Gasteiger partial charge is 0.387 e. The summed E-state index contributed by atoms with van der Waals surface area (Å²) in [6, 6.07) is 9.71. The Morgan fingerprint density at radius 2 is 2.11 bits per heavy atom. The molecule has 0 aliphatic rings. The summed E-state index contributed by atoms with van der Waals surface area (Å²) in [4.78, 5) is 5.19. The Morgan fingerprint density at radius 3 is 2.74 bits per heavy atom. The van der Waals surface area contributed by atoms with Crippen LogP contribution in [-0.4, -0.2) is 20.6 Å². The van der Waals surface area contributed by atoms with E-state index in [9.17, 15) is 0 Å². The zero-order valence-electron chi connectivity index (χ0n) is 10.4. The summed E-state index contributed by atoms with van der Waals surface area (Å²) in [7, 11) is 0. The number of hydrogen-bond donors (Lipinski definition) is 3. The smallest absolute Gasteiger partial charge is 0.257 e. The number of hydrazine groups is 1. The minimum Gasteiger partial charge on any atom is -0.387 e. The normalized spacial score (nSPS) is 11.4. The average Bonchev–Trinajstić information content (AvgIpc) is 2.80. The van der Waals surface area contributed by atoms with Gasteiger partial charge in [0, 0.05) is 0 Å². The number of benzene rings is 1. The molecule has 8 heteroatoms. The van der Waals surface area contributed by atoms with Gasteiger partial charge in [0.1, 0.15) is 0 Å². The Balaban J connectivity index is 1.98. The topological polar surface area (TPSA) is 116 Å². The molecule has 1 heterocycles. The number of nitrogen functional groups attached to an aromatic ring is 2. The van der Waals surface area contributed by atoms with Crippen molar-refractivity contribution >= 4 is 11.7 Å². The minimum atomic E-state index is 0.107. The molecular formula is C11H15N7O. The van der Waals surface area contributed by atoms with E-state index in [2.05, 4.69) is 20.8 Å². The lowest BCUT2D eigenvalue weighted by molar-refractivity contribution is 0.123. The van der Waals surface area contributed by atoms with Crippen LogP contribution in [0.3, 0.4) is 0 Å². The van der Waals surface area contributed by atoms with E-state index in [1.165, 1.54) is 4.68 Å². The predicted octanol–water partition coefficient (Wildman–Crippen LogP) is 0.218. The third-order valence-corrected chi connectivity index (χ3v) is 2.48. The lowest BCUT2D eigenvalue weighted by Gasteiger charge is -2.03. The maximum atomic E-state index is 5.66. The first-order valence-corrected chi connectivity index (χ1v) is 5.60. The second-order valence-corrected chi connectivity index (χ2v) is 3.77. The van der Waals surface area contributed by atoms with E-state index in [4.69, 9.17) is 16.5 Å². The molecule has 0 bridgehead atoms. The van der Waals surface area contributed by atoms with E-state index in [1.54, 1.807) is 0 Å². The molecule has 1 aromatic heterocycles. The molecule has 2 rings (SSSR count). The third kappa shape index (κ3) is 2.99. The minimum absolute atomic E-state index is 0.107. The van der Waals surface area contributed by atoms with Gasteiger partial charge < -0.3 is 10.7 Å². The van der Waals surface area contributed by atoms with Gasteiger partial charge in [-0.05, 0) is 12.5 Å². The molecule has 0 aliphatic carbocycles. The van der Waals surface area contributed by atoms with Crippen molar-refractivity contribution in [1.82, 2.24) is 14.9 Å². The zero-order chi connectivity index (χ0) is 13.7. The summed E-state index contributed by atoms with van der Waals surface area (Å²) < 4.78 is 1.20. The molecule has 0 saturated carbocycles. The van der Waals surface area contributed by atoms with Gasteiger partial charge in [0.15, 0.2) is 12.4 Å². The lowest BCUT2D eigenvalue weighted by Crippen LogP contribution is -2.20. The van der Waals surface area contributed by atoms with Crippen LogP contribution < -0.4 is 17.1 Å². The molecule has 0 radical (unpaired) electrons. The van der Waals surface area contributed by atoms with Crippen molar-refractivity contribution in [2.45, 2.75) is 13.5 Å². The fourth-order valence-corrected chi connectivity index (χ4v) is 1.44. The molecule has 0 amide bonds. The number of nitrogens with zero attached hydrogens (tertiary/aromatic N) is 4. The lowest BCUT2D eigenvalue weighted by atomic mass is 10.1. The average molecular weight is 261 g/mol. The van der Waals surface area contributed by atoms with Crippen molar-refractivity contribution in [3.63, 3.8) is 0 Å². The fraction of sp³-hybridized carbons (Fsp3) is 0.182. The molecular weight excluding hydrogens is 246 g/mol. The Morgan fingerprint density at radius 1 is 1.37 bits per heavy atom. The highest BCUT2D eigenvalue weighted by atomic mass is 16.6. The molecule has 0 atom stereocenters. The van der Waals surface area contributed by atoms with Crippen LogP contribution in [0.1, 0.15) is 18.3 Å². The van der Waals surface area contributed by atoms with Gasteiger partial charge in [-0.15, -0.1) is 10.2 Å². The number of nitrogens with two attached hydrogens (primary N) is 2. The molecule has 0 aliphatic heterocycles. The molecule has 100 valence electrons. The molecule has 0 spiro atoms. The SMILES string of the molecule is C/C(=N\OCc1nnc(NN)n1N)c1ccccc1. The van der Waals surface area contributed by atoms with Crippen LogP contribution >= 0.6 is 0 Å². The predicted molar refractivity (Wildman–Crippen MR) is 71.4 cm³/mol. The van der Waals surface area contributed by atoms with Gasteiger partial charge in [0.2, 0.25) is 0 Å². The quantitative estimate of drug-likeness (QED) is 0.402. The van der Waals surface area contributed by atoms with Crippen molar-refractivity contribution in [3.05, 3.63) is 41.7 Å². The van der Waals surface area contributed by atoms with E-state index in [-0.39, 0.29) is 12.6 Å². The number of aromatic nitrogens is 3. The molecule has 5 N–H and O–H groups in total. The van der Waals surface area contributed by atoms with Crippen LogP contribution in [0, 0.1) is 0 Å². The van der Waals surface area contributed by atoms with Crippen molar-refractivity contribution in [3.8, 4) is 0 Å². The van der Waals surface area contributed by atoms with Gasteiger partial charge in [-0.3, -0.25) is 5.43 Å². The van der Waals surface area contributed by atoms with Crippen molar-refractivity contribution in [1.29, 1.82) is 0 Å². The van der Waals surface area contributed by atoms with Crippen LogP contribution in [0.2, 0.25) is 0 Å². The van der Waals surface area contributed by atoms with Gasteiger partial charge in [-0.1, -0.05) is 35.5 Å². The van der Waals surface area contributed by atoms with Crippen molar-refractivity contribution in [2.75, 3.05) is 11.3 Å². The van der Waals surface area contributed by atoms with Gasteiger partial charge in [0.05, 0.1) is 5.71 Å². The van der Waals surface area contributed by atoms with Gasteiger partial charge in [0.25, 0.3) is 5.95 Å². The van der Waals surface area contributed by atoms with E-state index in [0.717, 1.165) is 11.3 Å². The van der Waals surface area contributed by atoms with Crippen LogP contribution in [0.15, 0.2) is 35.5 Å². The van der Waals surface area contributed by atoms with Crippen molar-refractivity contribution < 1.29 is 4.84 Å². The molecule has 8 nitrogen and oxygen atoms in total. The van der Waals surface area contributed by atoms with E-state index in [0.29, 0.717) is 5.82 Å². The van der Waals surface area contributed by atoms with E-state index in [1.807, 2.05) is 37.3 Å². The number of nitrogens with one attached hydrogen (secondary N) is 1. The monoisotopic (exact) mass is 261 g/mol. The van der Waals surface area contributed by atoms with Crippen LogP contribution in [0.4, 0.5) is 5.95 Å². The Kier molecular flexibility index (Phi) is 3.94. The van der Waals surface area contributed by atoms with Crippen molar-refractivity contribution in [2.24, 2.45) is 11.0 Å². The highest BCUT2D eigenvalue weighted by Crippen LogP contribution is 2.04. The summed E-state index contributed by atoms with van der Waals surface area (Å²) in [6.07, 6.45) is 0. The first kappa shape index (κ1) is 12.8. The van der Waals surface area contributed by atoms with Gasteiger partial charge >= 0.3 is 0 Å². The maximum Gasteiger partial charge on any atom is 0.257 e. The molecule has 2 aromatic rings. The summed E-state index contributed by atoms with van der Waals surface area (Å²) in [5.74, 6) is 11.5. The fourth-order valence-electron chi connectivity index (χ4n) is 1.44. The Hall–Kier alpha value is -2.61. The third-order valence-electron chi connectivity index (χ3n) is 2.48. The van der Waals surface area contributed by atoms with Crippen LogP contribution in [0.5, 0.6) is 0 Å². The van der Waals surface area contributed by atoms with E-state index >= 15 is 0 Å². The molecule has 19 heavy (non-hydrogen) atoms. The van der Waals surface area contributed by atoms with Crippen LogP contribution in [-0.2, 0) is 11.4 Å². The highest BCUT2D eigenvalue weighted by Gasteiger charge is 2.08. The molecule has 1 aromatic carbocycles. The van der Waals surface area contributed by atoms with Gasteiger partial charge in [-0.2, -0.15) is 0 Å². The zero-order valence-corrected chi connectivity index (χ0v) is 10.4. The maximum absolute atomic E-state index is 5.66. The molecule has 0 saturated heterocycles. The highest BCUT2D eigenvalue weighted by molar-refractivity contribution is 5.98. The first-order valence-electron chi connectivity index (χ1n) is 5.60. The number of hydrogen-bond acceptors (Lipinski definition) is 7. The van der Waals surface area contributed by atoms with Gasteiger partial charge in [-0.25, -0.2) is 10.5 Å². The van der Waals surface area contributed by atoms with Crippen LogP contribution in [0.25, 0.3) is 0 Å². The number of rotatable bonds is 5. The Labute approximate surface area is 110 Å². The summed E-state index contributed by atoms with van der Waals surface area (Å²) in [5, 5.41) is 11.5. The molecule has 0 fully saturated rings. The summed E-state index contributed by atoms with van der Waals surface area (Å²) in [6.45, 7) is 1.96. The summed E-state index contributed by atoms with van der Waals surface area (Å²) in [5.41, 5.74) is 4.07. The van der Waals surface area contributed by atoms with E-state index < -0.39 is 0 Å². The summed E-state index contributed by atoms with van der Waals surface area (Å²) >= 11 is 0.